The topological polar surface area (TPSA) is 64.8 Å². The van der Waals surface area contributed by atoms with Crippen molar-refractivity contribution < 1.29 is 14.3 Å². The summed E-state index contributed by atoms with van der Waals surface area (Å²) in [6, 6.07) is 7.87. The van der Waals surface area contributed by atoms with E-state index in [-0.39, 0.29) is 12.1 Å². The first-order valence-corrected chi connectivity index (χ1v) is 8.17. The predicted octanol–water partition coefficient (Wildman–Crippen LogP) is 3.34. The minimum absolute atomic E-state index is 0.0362. The Labute approximate surface area is 138 Å². The molecule has 1 unspecified atom stereocenters. The fraction of sp³-hybridized carbons (Fsp3) is 0.611. The van der Waals surface area contributed by atoms with Gasteiger partial charge in [0.2, 0.25) is 0 Å². The Bertz CT molecular complexity index is 531. The van der Waals surface area contributed by atoms with Gasteiger partial charge < -0.3 is 20.1 Å². The zero-order chi connectivity index (χ0) is 17.0. The minimum atomic E-state index is -0.453. The Kier molecular flexibility index (Phi) is 5.52. The molecule has 0 saturated carbocycles. The summed E-state index contributed by atoms with van der Waals surface area (Å²) < 4.78 is 10.7. The molecule has 128 valence electrons. The van der Waals surface area contributed by atoms with E-state index in [1.165, 1.54) is 0 Å². The molecule has 0 aliphatic carbocycles. The molecular formula is C18H28N2O3. The quantitative estimate of drug-likeness (QED) is 0.927. The molecular weight excluding hydrogens is 292 g/mol. The molecule has 0 bridgehead atoms. The molecule has 1 atom stereocenters. The molecule has 1 aromatic carbocycles. The molecule has 0 radical (unpaired) electrons. The lowest BCUT2D eigenvalue weighted by Gasteiger charge is -2.35. The van der Waals surface area contributed by atoms with Gasteiger partial charge in [0.05, 0.1) is 7.11 Å². The Morgan fingerprint density at radius 1 is 1.30 bits per heavy atom. The molecule has 1 heterocycles. The van der Waals surface area contributed by atoms with Crippen LogP contribution in [-0.2, 0) is 4.74 Å². The second-order valence-corrected chi connectivity index (χ2v) is 7.11. The molecule has 0 aromatic heterocycles. The highest BCUT2D eigenvalue weighted by atomic mass is 16.6. The van der Waals surface area contributed by atoms with Crippen LogP contribution < -0.4 is 10.5 Å². The van der Waals surface area contributed by atoms with E-state index < -0.39 is 5.60 Å². The lowest BCUT2D eigenvalue weighted by atomic mass is 9.86. The van der Waals surface area contributed by atoms with E-state index in [9.17, 15) is 4.79 Å². The van der Waals surface area contributed by atoms with Gasteiger partial charge in [0, 0.05) is 19.1 Å². The van der Waals surface area contributed by atoms with Crippen LogP contribution in [0.25, 0.3) is 0 Å². The van der Waals surface area contributed by atoms with E-state index in [1.807, 2.05) is 45.0 Å². The van der Waals surface area contributed by atoms with Crippen LogP contribution in [0.15, 0.2) is 24.3 Å². The molecule has 1 aromatic rings. The first-order valence-electron chi connectivity index (χ1n) is 8.17. The summed E-state index contributed by atoms with van der Waals surface area (Å²) in [5.74, 6) is 1.19. The Hall–Kier alpha value is -1.75. The normalized spacial score (nSPS) is 17.7. The highest BCUT2D eigenvalue weighted by molar-refractivity contribution is 5.68. The highest BCUT2D eigenvalue weighted by Crippen LogP contribution is 2.31. The van der Waals surface area contributed by atoms with Crippen LogP contribution in [0.5, 0.6) is 5.75 Å². The van der Waals surface area contributed by atoms with Gasteiger partial charge >= 0.3 is 6.09 Å². The molecule has 1 amide bonds. The van der Waals surface area contributed by atoms with Crippen molar-refractivity contribution in [3.05, 3.63) is 29.8 Å². The third kappa shape index (κ3) is 4.86. The van der Waals surface area contributed by atoms with Crippen LogP contribution in [0, 0.1) is 5.92 Å². The maximum Gasteiger partial charge on any atom is 0.410 e. The minimum Gasteiger partial charge on any atom is -0.497 e. The SMILES string of the molecule is COc1cccc(C(N)C2CCN(C(=O)OC(C)(C)C)CC2)c1. The van der Waals surface area contributed by atoms with Crippen molar-refractivity contribution in [1.29, 1.82) is 0 Å². The number of nitrogens with zero attached hydrogens (tertiary/aromatic N) is 1. The average Bonchev–Trinajstić information content (AvgIpc) is 2.53. The largest absolute Gasteiger partial charge is 0.497 e. The molecule has 1 saturated heterocycles. The fourth-order valence-electron chi connectivity index (χ4n) is 2.89. The monoisotopic (exact) mass is 320 g/mol. The van der Waals surface area contributed by atoms with Gasteiger partial charge in [0.1, 0.15) is 11.4 Å². The number of nitrogens with two attached hydrogens (primary N) is 1. The third-order valence-corrected chi connectivity index (χ3v) is 4.18. The summed E-state index contributed by atoms with van der Waals surface area (Å²) in [6.07, 6.45) is 1.54. The summed E-state index contributed by atoms with van der Waals surface area (Å²) >= 11 is 0. The predicted molar refractivity (Wildman–Crippen MR) is 90.5 cm³/mol. The van der Waals surface area contributed by atoms with Gasteiger partial charge in [-0.15, -0.1) is 0 Å². The Morgan fingerprint density at radius 3 is 2.52 bits per heavy atom. The fourth-order valence-corrected chi connectivity index (χ4v) is 2.89. The molecule has 2 rings (SSSR count). The Morgan fingerprint density at radius 2 is 1.96 bits per heavy atom. The molecule has 1 aliphatic rings. The molecule has 23 heavy (non-hydrogen) atoms. The number of piperidine rings is 1. The first kappa shape index (κ1) is 17.6. The van der Waals surface area contributed by atoms with E-state index in [2.05, 4.69) is 0 Å². The van der Waals surface area contributed by atoms with Crippen molar-refractivity contribution in [2.75, 3.05) is 20.2 Å². The van der Waals surface area contributed by atoms with Crippen LogP contribution in [-0.4, -0.2) is 36.8 Å². The molecule has 0 spiro atoms. The number of benzene rings is 1. The van der Waals surface area contributed by atoms with Crippen LogP contribution in [0.2, 0.25) is 0 Å². The number of hydrogen-bond acceptors (Lipinski definition) is 4. The number of rotatable bonds is 3. The lowest BCUT2D eigenvalue weighted by molar-refractivity contribution is 0.0174. The summed E-state index contributed by atoms with van der Waals surface area (Å²) in [5, 5.41) is 0. The van der Waals surface area contributed by atoms with Crippen LogP contribution in [0.1, 0.15) is 45.2 Å². The van der Waals surface area contributed by atoms with Gasteiger partial charge in [-0.05, 0) is 57.2 Å². The van der Waals surface area contributed by atoms with Gasteiger partial charge in [0.25, 0.3) is 0 Å². The van der Waals surface area contributed by atoms with Gasteiger partial charge in [0.15, 0.2) is 0 Å². The van der Waals surface area contributed by atoms with E-state index >= 15 is 0 Å². The van der Waals surface area contributed by atoms with Gasteiger partial charge in [-0.3, -0.25) is 0 Å². The standard InChI is InChI=1S/C18H28N2O3/c1-18(2,3)23-17(21)20-10-8-13(9-11-20)16(19)14-6-5-7-15(12-14)22-4/h5-7,12-13,16H,8-11,19H2,1-4H3. The van der Waals surface area contributed by atoms with Crippen molar-refractivity contribution in [3.63, 3.8) is 0 Å². The number of ether oxygens (including phenoxy) is 2. The summed E-state index contributed by atoms with van der Waals surface area (Å²) in [7, 11) is 1.66. The average molecular weight is 320 g/mol. The third-order valence-electron chi connectivity index (χ3n) is 4.18. The van der Waals surface area contributed by atoms with Crippen molar-refractivity contribution in [1.82, 2.24) is 4.90 Å². The summed E-state index contributed by atoms with van der Waals surface area (Å²) in [6.45, 7) is 7.04. The smallest absolute Gasteiger partial charge is 0.410 e. The van der Waals surface area contributed by atoms with E-state index in [0.29, 0.717) is 19.0 Å². The van der Waals surface area contributed by atoms with Crippen molar-refractivity contribution in [2.24, 2.45) is 11.7 Å². The van der Waals surface area contributed by atoms with E-state index in [4.69, 9.17) is 15.2 Å². The van der Waals surface area contributed by atoms with Crippen LogP contribution in [0.4, 0.5) is 4.79 Å². The zero-order valence-electron chi connectivity index (χ0n) is 14.5. The maximum absolute atomic E-state index is 12.1. The van der Waals surface area contributed by atoms with Crippen molar-refractivity contribution in [3.8, 4) is 5.75 Å². The van der Waals surface area contributed by atoms with E-state index in [0.717, 1.165) is 24.2 Å². The first-order chi connectivity index (χ1) is 10.8. The number of amides is 1. The van der Waals surface area contributed by atoms with Crippen molar-refractivity contribution >= 4 is 6.09 Å². The summed E-state index contributed by atoms with van der Waals surface area (Å²) in [4.78, 5) is 13.9. The number of likely N-dealkylation sites (tertiary alicyclic amines) is 1. The van der Waals surface area contributed by atoms with Crippen LogP contribution >= 0.6 is 0 Å². The maximum atomic E-state index is 12.1. The number of carbonyl (C=O) groups excluding carboxylic acids is 1. The highest BCUT2D eigenvalue weighted by Gasteiger charge is 2.29. The number of hydrogen-bond donors (Lipinski definition) is 1. The van der Waals surface area contributed by atoms with Gasteiger partial charge in [-0.1, -0.05) is 12.1 Å². The van der Waals surface area contributed by atoms with Crippen molar-refractivity contribution in [2.45, 2.75) is 45.3 Å². The number of methoxy groups -OCH3 is 1. The molecule has 1 aliphatic heterocycles. The van der Waals surface area contributed by atoms with Gasteiger partial charge in [-0.25, -0.2) is 4.79 Å². The molecule has 5 heteroatoms. The molecule has 1 fully saturated rings. The molecule has 5 nitrogen and oxygen atoms in total. The van der Waals surface area contributed by atoms with Crippen LogP contribution in [0.3, 0.4) is 0 Å². The second-order valence-electron chi connectivity index (χ2n) is 7.11. The Balaban J connectivity index is 1.92. The zero-order valence-corrected chi connectivity index (χ0v) is 14.5. The van der Waals surface area contributed by atoms with E-state index in [1.54, 1.807) is 12.0 Å². The number of carbonyl (C=O) groups is 1. The summed E-state index contributed by atoms with van der Waals surface area (Å²) in [5.41, 5.74) is 7.06. The lowest BCUT2D eigenvalue weighted by Crippen LogP contribution is -2.43. The second kappa shape index (κ2) is 7.21. The van der Waals surface area contributed by atoms with Gasteiger partial charge in [-0.2, -0.15) is 0 Å². The molecule has 2 N–H and O–H groups in total.